The summed E-state index contributed by atoms with van der Waals surface area (Å²) in [6, 6.07) is 36.7. The van der Waals surface area contributed by atoms with Crippen molar-refractivity contribution in [3.63, 3.8) is 0 Å². The highest BCUT2D eigenvalue weighted by Gasteiger charge is 2.41. The number of allylic oxidation sites excluding steroid dienone is 4. The van der Waals surface area contributed by atoms with Gasteiger partial charge in [0.1, 0.15) is 23.3 Å². The highest BCUT2D eigenvalue weighted by Crippen LogP contribution is 2.53. The van der Waals surface area contributed by atoms with Crippen LogP contribution in [0.3, 0.4) is 0 Å². The van der Waals surface area contributed by atoms with E-state index in [2.05, 4.69) is 148 Å². The van der Waals surface area contributed by atoms with Gasteiger partial charge in [-0.3, -0.25) is 0 Å². The third-order valence-electron chi connectivity index (χ3n) is 12.5. The highest BCUT2D eigenvalue weighted by molar-refractivity contribution is 6.24. The summed E-state index contributed by atoms with van der Waals surface area (Å²) in [5, 5.41) is 26.1. The molecule has 0 N–H and O–H groups in total. The van der Waals surface area contributed by atoms with Gasteiger partial charge in [-0.15, -0.1) is 0 Å². The Morgan fingerprint density at radius 1 is 0.607 bits per heavy atom. The minimum atomic E-state index is -0.101. The lowest BCUT2D eigenvalue weighted by atomic mass is 9.90. The number of aromatic nitrogens is 2. The van der Waals surface area contributed by atoms with Crippen LogP contribution in [0.4, 0.5) is 11.4 Å². The molecule has 0 fully saturated rings. The molecule has 0 saturated heterocycles. The first-order valence-electron chi connectivity index (χ1n) is 19.4. The van der Waals surface area contributed by atoms with E-state index in [9.17, 15) is 10.5 Å². The maximum atomic E-state index is 10.9. The van der Waals surface area contributed by atoms with E-state index >= 15 is 0 Å². The van der Waals surface area contributed by atoms with Crippen molar-refractivity contribution >= 4 is 67.3 Å². The molecule has 0 spiro atoms. The number of hydrogen-bond donors (Lipinski definition) is 0. The molecule has 4 aliphatic rings. The predicted molar refractivity (Wildman–Crippen MR) is 225 cm³/mol. The minimum absolute atomic E-state index is 0.0177. The van der Waals surface area contributed by atoms with Gasteiger partial charge in [-0.2, -0.15) is 10.5 Å². The van der Waals surface area contributed by atoms with Crippen LogP contribution in [0.5, 0.6) is 0 Å². The maximum Gasteiger partial charge on any atom is 0.145 e. The van der Waals surface area contributed by atoms with Crippen LogP contribution in [-0.2, 0) is 12.8 Å². The van der Waals surface area contributed by atoms with Gasteiger partial charge < -0.3 is 18.5 Å². The summed E-state index contributed by atoms with van der Waals surface area (Å²) in [6.07, 6.45) is 21.5. The number of rotatable bonds is 3. The van der Waals surface area contributed by atoms with Gasteiger partial charge in [0.25, 0.3) is 0 Å². The molecule has 8 aromatic rings. The SMILES string of the molecule is N#Cc1cc(-n2c3c(c4c2C=CCC4)CCC=C3)c(C#N)cc1N1c2ccc3c(oc4c3ccc3c4c4ccccc4n3-c3ccccc3)c2C2C=CC=CC21. The second-order valence-corrected chi connectivity index (χ2v) is 15.2. The van der Waals surface area contributed by atoms with E-state index in [1.807, 2.05) is 18.2 Å². The molecule has 0 amide bonds. The quantitative estimate of drug-likeness (QED) is 0.182. The van der Waals surface area contributed by atoms with E-state index in [0.717, 1.165) is 109 Å². The van der Waals surface area contributed by atoms with Crippen molar-refractivity contribution in [3.8, 4) is 23.5 Å². The lowest BCUT2D eigenvalue weighted by Crippen LogP contribution is -2.29. The van der Waals surface area contributed by atoms with Crippen molar-refractivity contribution in [1.29, 1.82) is 10.5 Å². The molecule has 0 saturated carbocycles. The zero-order valence-electron chi connectivity index (χ0n) is 30.4. The Hall–Kier alpha value is -7.28. The van der Waals surface area contributed by atoms with E-state index in [1.165, 1.54) is 11.1 Å². The molecule has 264 valence electrons. The van der Waals surface area contributed by atoms with E-state index in [4.69, 9.17) is 4.42 Å². The van der Waals surface area contributed by atoms with Crippen molar-refractivity contribution in [1.82, 2.24) is 9.13 Å². The van der Waals surface area contributed by atoms with Gasteiger partial charge in [-0.1, -0.05) is 72.9 Å². The number of furan rings is 1. The molecular weight excluding hydrogens is 687 g/mol. The van der Waals surface area contributed by atoms with Crippen molar-refractivity contribution in [2.45, 2.75) is 37.6 Å². The van der Waals surface area contributed by atoms with Crippen LogP contribution in [-0.4, -0.2) is 15.2 Å². The Bertz CT molecular complexity index is 3200. The molecule has 0 radical (unpaired) electrons. The van der Waals surface area contributed by atoms with E-state index in [1.54, 1.807) is 0 Å². The molecule has 0 bridgehead atoms. The Balaban J connectivity index is 1.08. The summed E-state index contributed by atoms with van der Waals surface area (Å²) in [5.74, 6) is -0.0177. The topological polar surface area (TPSA) is 73.8 Å². The fourth-order valence-corrected chi connectivity index (χ4v) is 10.2. The molecular formula is C50H33N5O. The fraction of sp³-hybridized carbons (Fsp3) is 0.120. The summed E-state index contributed by atoms with van der Waals surface area (Å²) < 4.78 is 11.7. The highest BCUT2D eigenvalue weighted by atomic mass is 16.3. The summed E-state index contributed by atoms with van der Waals surface area (Å²) in [7, 11) is 0. The van der Waals surface area contributed by atoms with Gasteiger partial charge in [0.2, 0.25) is 0 Å². The molecule has 56 heavy (non-hydrogen) atoms. The first kappa shape index (κ1) is 31.1. The number of para-hydroxylation sites is 2. The number of nitrogens with zero attached hydrogens (tertiary/aromatic N) is 5. The first-order valence-corrected chi connectivity index (χ1v) is 19.4. The van der Waals surface area contributed by atoms with E-state index in [0.29, 0.717) is 11.1 Å². The van der Waals surface area contributed by atoms with Gasteiger partial charge in [0, 0.05) is 50.4 Å². The van der Waals surface area contributed by atoms with E-state index in [-0.39, 0.29) is 12.0 Å². The average molecular weight is 720 g/mol. The summed E-state index contributed by atoms with van der Waals surface area (Å²) in [4.78, 5) is 2.26. The van der Waals surface area contributed by atoms with Gasteiger partial charge in [0.15, 0.2) is 0 Å². The number of fused-ring (bicyclic) bond motifs is 14. The van der Waals surface area contributed by atoms with Crippen LogP contribution < -0.4 is 4.90 Å². The molecule has 3 aromatic heterocycles. The molecule has 4 heterocycles. The summed E-state index contributed by atoms with van der Waals surface area (Å²) in [5.41, 5.74) is 14.7. The zero-order valence-corrected chi connectivity index (χ0v) is 30.4. The molecule has 6 nitrogen and oxygen atoms in total. The van der Waals surface area contributed by atoms with Crippen LogP contribution in [0.15, 0.2) is 132 Å². The summed E-state index contributed by atoms with van der Waals surface area (Å²) >= 11 is 0. The Kier molecular flexibility index (Phi) is 6.45. The zero-order chi connectivity index (χ0) is 37.1. The van der Waals surface area contributed by atoms with Crippen LogP contribution in [0, 0.1) is 22.7 Å². The molecule has 12 rings (SSSR count). The Morgan fingerprint density at radius 2 is 1.29 bits per heavy atom. The molecule has 6 heteroatoms. The fourth-order valence-electron chi connectivity index (χ4n) is 10.2. The molecule has 3 aliphatic carbocycles. The van der Waals surface area contributed by atoms with Crippen molar-refractivity contribution in [3.05, 3.63) is 167 Å². The number of nitriles is 2. The van der Waals surface area contributed by atoms with Crippen LogP contribution in [0.1, 0.15) is 58.0 Å². The number of benzene rings is 5. The third-order valence-corrected chi connectivity index (χ3v) is 12.5. The minimum Gasteiger partial charge on any atom is -0.455 e. The normalized spacial score (nSPS) is 17.7. The smallest absolute Gasteiger partial charge is 0.145 e. The molecule has 2 atom stereocenters. The second kappa shape index (κ2) is 11.6. The lowest BCUT2D eigenvalue weighted by molar-refractivity contribution is 0.659. The van der Waals surface area contributed by atoms with Gasteiger partial charge in [-0.05, 0) is 104 Å². The van der Waals surface area contributed by atoms with Gasteiger partial charge in [0.05, 0.1) is 45.0 Å². The molecule has 1 aliphatic heterocycles. The van der Waals surface area contributed by atoms with Crippen molar-refractivity contribution in [2.75, 3.05) is 4.90 Å². The van der Waals surface area contributed by atoms with Crippen LogP contribution in [0.2, 0.25) is 0 Å². The van der Waals surface area contributed by atoms with Crippen molar-refractivity contribution < 1.29 is 4.42 Å². The average Bonchev–Trinajstić information content (AvgIpc) is 3.99. The molecule has 5 aromatic carbocycles. The lowest BCUT2D eigenvalue weighted by Gasteiger charge is -2.30. The van der Waals surface area contributed by atoms with E-state index < -0.39 is 0 Å². The van der Waals surface area contributed by atoms with Crippen molar-refractivity contribution in [2.24, 2.45) is 0 Å². The number of anilines is 2. The second-order valence-electron chi connectivity index (χ2n) is 15.2. The third kappa shape index (κ3) is 4.08. The molecule has 2 unspecified atom stereocenters. The Labute approximate surface area is 323 Å². The summed E-state index contributed by atoms with van der Waals surface area (Å²) in [6.45, 7) is 0. The largest absolute Gasteiger partial charge is 0.455 e. The van der Waals surface area contributed by atoms with Crippen LogP contribution >= 0.6 is 0 Å². The number of hydrogen-bond acceptors (Lipinski definition) is 4. The Morgan fingerprint density at radius 3 is 2.07 bits per heavy atom. The predicted octanol–water partition coefficient (Wildman–Crippen LogP) is 11.9. The van der Waals surface area contributed by atoms with Crippen LogP contribution in [0.25, 0.3) is 67.3 Å². The monoisotopic (exact) mass is 719 g/mol. The van der Waals surface area contributed by atoms with Gasteiger partial charge >= 0.3 is 0 Å². The van der Waals surface area contributed by atoms with Gasteiger partial charge in [-0.25, -0.2) is 0 Å². The maximum absolute atomic E-state index is 10.9. The first-order chi connectivity index (χ1) is 27.7. The standard InChI is InChI=1S/C50H33N5O/c51-28-30-27-46(31(29-52)26-45(30)54-39-18-8-4-14-33(39)34-15-5-9-19-40(34)54)55-42-21-11-7-17-38(42)48-44(55)25-23-36-35-22-24-43-47(49(35)56-50(36)48)37-16-6-10-20-41(37)53(43)32-12-2-1-3-13-32/h1-3,6-13,16-27,38,42H,4-5,14-15H2.